The lowest BCUT2D eigenvalue weighted by Crippen LogP contribution is -2.54. The van der Waals surface area contributed by atoms with Crippen LogP contribution in [0.25, 0.3) is 0 Å². The first-order valence-corrected chi connectivity index (χ1v) is 7.50. The number of likely N-dealkylation sites (tertiary alicyclic amines) is 1. The molecule has 0 radical (unpaired) electrons. The van der Waals surface area contributed by atoms with Gasteiger partial charge in [0, 0.05) is 24.2 Å². The summed E-state index contributed by atoms with van der Waals surface area (Å²) in [4.78, 5) is 25.5. The first-order valence-electron chi connectivity index (χ1n) is 7.12. The Kier molecular flexibility index (Phi) is 5.20. The molecule has 5 nitrogen and oxygen atoms in total. The molecule has 21 heavy (non-hydrogen) atoms. The molecule has 1 aromatic rings. The molecule has 1 aliphatic rings. The number of amides is 3. The molecule has 2 rings (SSSR count). The van der Waals surface area contributed by atoms with E-state index >= 15 is 0 Å². The Hall–Kier alpha value is -1.59. The average molecular weight is 310 g/mol. The first-order chi connectivity index (χ1) is 10.0. The predicted octanol–water partition coefficient (Wildman–Crippen LogP) is 2.32. The quantitative estimate of drug-likeness (QED) is 0.897. The van der Waals surface area contributed by atoms with Crippen LogP contribution in [0.2, 0.25) is 5.02 Å². The number of imide groups is 1. The van der Waals surface area contributed by atoms with Crippen LogP contribution in [0.3, 0.4) is 0 Å². The second kappa shape index (κ2) is 6.91. The molecule has 0 aliphatic carbocycles. The summed E-state index contributed by atoms with van der Waals surface area (Å²) in [5.74, 6) is -0.278. The lowest BCUT2D eigenvalue weighted by molar-refractivity contribution is -0.128. The summed E-state index contributed by atoms with van der Waals surface area (Å²) in [7, 11) is 0. The number of carbonyl (C=O) groups is 2. The Bertz CT molecular complexity index is 518. The minimum Gasteiger partial charge on any atom is -0.338 e. The molecule has 2 atom stereocenters. The molecule has 1 heterocycles. The Labute approximate surface area is 129 Å². The van der Waals surface area contributed by atoms with E-state index in [0.717, 1.165) is 18.5 Å². The van der Waals surface area contributed by atoms with Gasteiger partial charge in [-0.1, -0.05) is 23.7 Å². The molecule has 0 aromatic heterocycles. The van der Waals surface area contributed by atoms with Gasteiger partial charge in [-0.15, -0.1) is 0 Å². The molecule has 0 spiro atoms. The second-order valence-electron chi connectivity index (χ2n) is 5.12. The molecule has 114 valence electrons. The van der Waals surface area contributed by atoms with Gasteiger partial charge in [-0.3, -0.25) is 15.0 Å². The van der Waals surface area contributed by atoms with Crippen LogP contribution in [0.15, 0.2) is 24.3 Å². The number of halogens is 1. The van der Waals surface area contributed by atoms with Crippen molar-refractivity contribution < 1.29 is 9.59 Å². The SMILES string of the molecule is CCNC(=O)NC(=O)[C@@H](C)N1CC[C@@H]1c1ccc(Cl)cc1. The van der Waals surface area contributed by atoms with E-state index in [2.05, 4.69) is 15.5 Å². The summed E-state index contributed by atoms with van der Waals surface area (Å²) in [6, 6.07) is 7.08. The van der Waals surface area contributed by atoms with Crippen molar-refractivity contribution in [1.82, 2.24) is 15.5 Å². The minimum absolute atomic E-state index is 0.206. The van der Waals surface area contributed by atoms with Gasteiger partial charge in [0.2, 0.25) is 5.91 Å². The fourth-order valence-electron chi connectivity index (χ4n) is 2.49. The summed E-state index contributed by atoms with van der Waals surface area (Å²) >= 11 is 5.89. The smallest absolute Gasteiger partial charge is 0.321 e. The van der Waals surface area contributed by atoms with Gasteiger partial charge in [0.15, 0.2) is 0 Å². The number of nitrogens with zero attached hydrogens (tertiary/aromatic N) is 1. The van der Waals surface area contributed by atoms with Crippen LogP contribution >= 0.6 is 11.6 Å². The van der Waals surface area contributed by atoms with Crippen molar-refractivity contribution in [1.29, 1.82) is 0 Å². The standard InChI is InChI=1S/C15H20ClN3O2/c1-3-17-15(21)18-14(20)10(2)19-9-8-13(19)11-4-6-12(16)7-5-11/h4-7,10,13H,3,8-9H2,1-2H3,(H2,17,18,20,21)/t10-,13-/m1/s1. The Morgan fingerprint density at radius 3 is 2.57 bits per heavy atom. The number of rotatable bonds is 4. The van der Waals surface area contributed by atoms with Crippen LogP contribution in [0.4, 0.5) is 4.79 Å². The summed E-state index contributed by atoms with van der Waals surface area (Å²) < 4.78 is 0. The van der Waals surface area contributed by atoms with Crippen LogP contribution in [-0.2, 0) is 4.79 Å². The zero-order valence-electron chi connectivity index (χ0n) is 12.2. The van der Waals surface area contributed by atoms with E-state index < -0.39 is 6.03 Å². The predicted molar refractivity (Wildman–Crippen MR) is 82.2 cm³/mol. The molecule has 6 heteroatoms. The highest BCUT2D eigenvalue weighted by Crippen LogP contribution is 2.35. The second-order valence-corrected chi connectivity index (χ2v) is 5.55. The highest BCUT2D eigenvalue weighted by molar-refractivity contribution is 6.30. The van der Waals surface area contributed by atoms with Gasteiger partial charge in [0.25, 0.3) is 0 Å². The van der Waals surface area contributed by atoms with Gasteiger partial charge in [0.05, 0.1) is 6.04 Å². The maximum Gasteiger partial charge on any atom is 0.321 e. The van der Waals surface area contributed by atoms with E-state index in [9.17, 15) is 9.59 Å². The van der Waals surface area contributed by atoms with Gasteiger partial charge >= 0.3 is 6.03 Å². The van der Waals surface area contributed by atoms with Crippen molar-refractivity contribution in [2.45, 2.75) is 32.4 Å². The van der Waals surface area contributed by atoms with Crippen LogP contribution in [-0.4, -0.2) is 36.0 Å². The molecular weight excluding hydrogens is 290 g/mol. The third kappa shape index (κ3) is 3.74. The number of hydrogen-bond donors (Lipinski definition) is 2. The molecule has 1 aromatic carbocycles. The molecular formula is C15H20ClN3O2. The van der Waals surface area contributed by atoms with Gasteiger partial charge in [0.1, 0.15) is 0 Å². The van der Waals surface area contributed by atoms with E-state index in [1.165, 1.54) is 0 Å². The molecule has 0 unspecified atom stereocenters. The zero-order valence-corrected chi connectivity index (χ0v) is 13.0. The van der Waals surface area contributed by atoms with E-state index in [1.807, 2.05) is 31.2 Å². The maximum atomic E-state index is 12.1. The largest absolute Gasteiger partial charge is 0.338 e. The topological polar surface area (TPSA) is 61.4 Å². The summed E-state index contributed by atoms with van der Waals surface area (Å²) in [6.07, 6.45) is 1.00. The van der Waals surface area contributed by atoms with Crippen LogP contribution in [0.1, 0.15) is 31.9 Å². The van der Waals surface area contributed by atoms with Crippen molar-refractivity contribution in [3.05, 3.63) is 34.9 Å². The molecule has 0 bridgehead atoms. The zero-order chi connectivity index (χ0) is 15.4. The normalized spacial score (nSPS) is 19.5. The lowest BCUT2D eigenvalue weighted by Gasteiger charge is -2.44. The fourth-order valence-corrected chi connectivity index (χ4v) is 2.61. The number of benzene rings is 1. The lowest BCUT2D eigenvalue weighted by atomic mass is 9.92. The highest BCUT2D eigenvalue weighted by Gasteiger charge is 2.36. The van der Waals surface area contributed by atoms with Crippen molar-refractivity contribution >= 4 is 23.5 Å². The molecule has 3 amide bonds. The average Bonchev–Trinajstić information content (AvgIpc) is 2.40. The summed E-state index contributed by atoms with van der Waals surface area (Å²) in [6.45, 7) is 4.96. The van der Waals surface area contributed by atoms with Crippen molar-refractivity contribution in [3.63, 3.8) is 0 Å². The number of urea groups is 1. The maximum absolute atomic E-state index is 12.1. The summed E-state index contributed by atoms with van der Waals surface area (Å²) in [5.41, 5.74) is 1.14. The molecule has 2 N–H and O–H groups in total. The third-order valence-corrected chi connectivity index (χ3v) is 4.02. The Morgan fingerprint density at radius 2 is 2.05 bits per heavy atom. The molecule has 1 fully saturated rings. The van der Waals surface area contributed by atoms with Crippen molar-refractivity contribution in [2.24, 2.45) is 0 Å². The Morgan fingerprint density at radius 1 is 1.38 bits per heavy atom. The van der Waals surface area contributed by atoms with Crippen LogP contribution in [0, 0.1) is 0 Å². The van der Waals surface area contributed by atoms with Crippen molar-refractivity contribution in [2.75, 3.05) is 13.1 Å². The van der Waals surface area contributed by atoms with E-state index in [0.29, 0.717) is 11.6 Å². The molecule has 0 saturated carbocycles. The number of nitrogens with one attached hydrogen (secondary N) is 2. The van der Waals surface area contributed by atoms with E-state index in [1.54, 1.807) is 6.92 Å². The monoisotopic (exact) mass is 309 g/mol. The van der Waals surface area contributed by atoms with Gasteiger partial charge < -0.3 is 5.32 Å². The van der Waals surface area contributed by atoms with E-state index in [-0.39, 0.29) is 18.0 Å². The van der Waals surface area contributed by atoms with Gasteiger partial charge in [-0.25, -0.2) is 4.79 Å². The Balaban J connectivity index is 1.96. The first kappa shape index (κ1) is 15.8. The van der Waals surface area contributed by atoms with E-state index in [4.69, 9.17) is 11.6 Å². The van der Waals surface area contributed by atoms with Gasteiger partial charge in [-0.2, -0.15) is 0 Å². The fraction of sp³-hybridized carbons (Fsp3) is 0.467. The third-order valence-electron chi connectivity index (χ3n) is 3.77. The molecule has 1 aliphatic heterocycles. The number of carbonyl (C=O) groups excluding carboxylic acids is 2. The van der Waals surface area contributed by atoms with Gasteiger partial charge in [-0.05, 0) is 38.0 Å². The minimum atomic E-state index is -0.446. The van der Waals surface area contributed by atoms with Crippen LogP contribution < -0.4 is 10.6 Å². The van der Waals surface area contributed by atoms with Crippen LogP contribution in [0.5, 0.6) is 0 Å². The highest BCUT2D eigenvalue weighted by atomic mass is 35.5. The summed E-state index contributed by atoms with van der Waals surface area (Å²) in [5, 5.41) is 5.61. The molecule has 1 saturated heterocycles. The van der Waals surface area contributed by atoms with Crippen molar-refractivity contribution in [3.8, 4) is 0 Å². The number of hydrogen-bond acceptors (Lipinski definition) is 3.